The van der Waals surface area contributed by atoms with Crippen molar-refractivity contribution in [1.82, 2.24) is 5.32 Å². The zero-order valence-corrected chi connectivity index (χ0v) is 12.0. The summed E-state index contributed by atoms with van der Waals surface area (Å²) in [5, 5.41) is 4.89. The third kappa shape index (κ3) is 2.37. The van der Waals surface area contributed by atoms with E-state index in [1.807, 2.05) is 49.4 Å². The monoisotopic (exact) mass is 282 g/mol. The number of hydrogen-bond acceptors (Lipinski definition) is 2. The van der Waals surface area contributed by atoms with Gasteiger partial charge >= 0.3 is 0 Å². The maximum Gasteiger partial charge on any atom is 0.239 e. The van der Waals surface area contributed by atoms with E-state index in [1.54, 1.807) is 4.90 Å². The van der Waals surface area contributed by atoms with Gasteiger partial charge in [0.05, 0.1) is 5.69 Å². The molecule has 108 valence electrons. The number of nitrogens with one attached hydrogen (secondary N) is 1. The summed E-state index contributed by atoms with van der Waals surface area (Å²) in [4.78, 5) is 26.2. The summed E-state index contributed by atoms with van der Waals surface area (Å²) in [7, 11) is 0. The highest BCUT2D eigenvalue weighted by Crippen LogP contribution is 2.31. The zero-order chi connectivity index (χ0) is 14.8. The highest BCUT2D eigenvalue weighted by Gasteiger charge is 2.37. The van der Waals surface area contributed by atoms with Crippen molar-refractivity contribution in [2.24, 2.45) is 5.92 Å². The molecule has 1 aliphatic rings. The molecule has 4 nitrogen and oxygen atoms in total. The average molecular weight is 282 g/mol. The van der Waals surface area contributed by atoms with Crippen LogP contribution in [0.4, 0.5) is 5.69 Å². The van der Waals surface area contributed by atoms with Crippen LogP contribution in [0.1, 0.15) is 13.3 Å². The smallest absolute Gasteiger partial charge is 0.239 e. The molecule has 2 aromatic carbocycles. The molecule has 21 heavy (non-hydrogen) atoms. The number of rotatable bonds is 3. The van der Waals surface area contributed by atoms with E-state index in [0.717, 1.165) is 16.5 Å². The Labute approximate surface area is 123 Å². The van der Waals surface area contributed by atoms with Gasteiger partial charge in [0, 0.05) is 18.5 Å². The van der Waals surface area contributed by atoms with Crippen LogP contribution in [-0.4, -0.2) is 24.9 Å². The Hall–Kier alpha value is -2.36. The molecule has 1 N–H and O–H groups in total. The molecule has 2 aromatic rings. The number of carbonyl (C=O) groups is 2. The van der Waals surface area contributed by atoms with Gasteiger partial charge in [-0.3, -0.25) is 9.59 Å². The molecule has 4 heteroatoms. The van der Waals surface area contributed by atoms with Crippen LogP contribution in [-0.2, 0) is 9.59 Å². The van der Waals surface area contributed by atoms with Crippen LogP contribution in [0.15, 0.2) is 42.5 Å². The Morgan fingerprint density at radius 2 is 2.00 bits per heavy atom. The van der Waals surface area contributed by atoms with Crippen molar-refractivity contribution in [2.75, 3.05) is 18.0 Å². The predicted molar refractivity (Wildman–Crippen MR) is 83.1 cm³/mol. The van der Waals surface area contributed by atoms with Gasteiger partial charge in [-0.15, -0.1) is 0 Å². The summed E-state index contributed by atoms with van der Waals surface area (Å²) in [6, 6.07) is 13.9. The quantitative estimate of drug-likeness (QED) is 0.878. The van der Waals surface area contributed by atoms with Gasteiger partial charge in [0.15, 0.2) is 0 Å². The molecule has 2 amide bonds. The number of amides is 2. The third-order valence-electron chi connectivity index (χ3n) is 3.93. The second kappa shape index (κ2) is 5.56. The molecule has 1 unspecified atom stereocenters. The Kier molecular flexibility index (Phi) is 3.60. The Balaban J connectivity index is 1.94. The normalized spacial score (nSPS) is 18.2. The molecule has 0 radical (unpaired) electrons. The molecule has 1 fully saturated rings. The van der Waals surface area contributed by atoms with Crippen LogP contribution in [0.5, 0.6) is 0 Å². The van der Waals surface area contributed by atoms with Gasteiger partial charge in [0.2, 0.25) is 11.8 Å². The number of benzene rings is 2. The van der Waals surface area contributed by atoms with Crippen LogP contribution in [0.2, 0.25) is 0 Å². The van der Waals surface area contributed by atoms with E-state index in [0.29, 0.717) is 19.5 Å². The topological polar surface area (TPSA) is 49.4 Å². The first kappa shape index (κ1) is 13.6. The lowest BCUT2D eigenvalue weighted by Crippen LogP contribution is -2.36. The van der Waals surface area contributed by atoms with E-state index in [9.17, 15) is 9.59 Å². The number of carbonyl (C=O) groups excluding carboxylic acids is 2. The maximum atomic E-state index is 12.5. The van der Waals surface area contributed by atoms with Gasteiger partial charge < -0.3 is 10.2 Å². The fourth-order valence-electron chi connectivity index (χ4n) is 2.90. The molecular formula is C17H18N2O2. The Bertz CT molecular complexity index is 691. The standard InChI is InChI=1S/C17H18N2O2/c1-2-18-16(20)14-10-11-19(17(14)21)15-9-5-7-12-6-3-4-8-13(12)15/h3-9,14H,2,10-11H2,1H3,(H,18,20). The van der Waals surface area contributed by atoms with Crippen molar-refractivity contribution in [2.45, 2.75) is 13.3 Å². The van der Waals surface area contributed by atoms with Gasteiger partial charge in [-0.2, -0.15) is 0 Å². The van der Waals surface area contributed by atoms with Crippen molar-refractivity contribution < 1.29 is 9.59 Å². The first-order chi connectivity index (χ1) is 10.2. The molecule has 0 aromatic heterocycles. The number of nitrogens with zero attached hydrogens (tertiary/aromatic N) is 1. The van der Waals surface area contributed by atoms with E-state index in [4.69, 9.17) is 0 Å². The molecule has 0 spiro atoms. The zero-order valence-electron chi connectivity index (χ0n) is 12.0. The van der Waals surface area contributed by atoms with Gasteiger partial charge in [-0.25, -0.2) is 0 Å². The van der Waals surface area contributed by atoms with Crippen molar-refractivity contribution in [3.63, 3.8) is 0 Å². The van der Waals surface area contributed by atoms with Gasteiger partial charge in [-0.1, -0.05) is 36.4 Å². The minimum Gasteiger partial charge on any atom is -0.356 e. The average Bonchev–Trinajstić information content (AvgIpc) is 2.88. The summed E-state index contributed by atoms with van der Waals surface area (Å²) in [6.45, 7) is 3.01. The molecule has 3 rings (SSSR count). The molecule has 1 saturated heterocycles. The first-order valence-corrected chi connectivity index (χ1v) is 7.29. The van der Waals surface area contributed by atoms with E-state index in [1.165, 1.54) is 0 Å². The maximum absolute atomic E-state index is 12.5. The molecular weight excluding hydrogens is 264 g/mol. The predicted octanol–water partition coefficient (Wildman–Crippen LogP) is 2.33. The highest BCUT2D eigenvalue weighted by atomic mass is 16.2. The minimum atomic E-state index is -0.552. The molecule has 0 bridgehead atoms. The highest BCUT2D eigenvalue weighted by molar-refractivity contribution is 6.12. The SMILES string of the molecule is CCNC(=O)C1CCN(c2cccc3ccccc23)C1=O. The summed E-state index contributed by atoms with van der Waals surface area (Å²) in [5.41, 5.74) is 0.893. The van der Waals surface area contributed by atoms with Crippen LogP contribution >= 0.6 is 0 Å². The Morgan fingerprint density at radius 3 is 2.81 bits per heavy atom. The van der Waals surface area contributed by atoms with Crippen LogP contribution < -0.4 is 10.2 Å². The molecule has 1 atom stereocenters. The molecule has 1 aliphatic heterocycles. The lowest BCUT2D eigenvalue weighted by molar-refractivity contribution is -0.132. The van der Waals surface area contributed by atoms with Crippen molar-refractivity contribution in [3.8, 4) is 0 Å². The van der Waals surface area contributed by atoms with E-state index in [2.05, 4.69) is 5.32 Å². The summed E-state index contributed by atoms with van der Waals surface area (Å²) in [6.07, 6.45) is 0.577. The Morgan fingerprint density at radius 1 is 1.24 bits per heavy atom. The molecule has 0 saturated carbocycles. The fraction of sp³-hybridized carbons (Fsp3) is 0.294. The first-order valence-electron chi connectivity index (χ1n) is 7.29. The van der Waals surface area contributed by atoms with Crippen LogP contribution in [0, 0.1) is 5.92 Å². The largest absolute Gasteiger partial charge is 0.356 e. The van der Waals surface area contributed by atoms with E-state index >= 15 is 0 Å². The lowest BCUT2D eigenvalue weighted by atomic mass is 10.1. The van der Waals surface area contributed by atoms with Crippen LogP contribution in [0.25, 0.3) is 10.8 Å². The summed E-state index contributed by atoms with van der Waals surface area (Å²) < 4.78 is 0. The van der Waals surface area contributed by atoms with Gasteiger partial charge in [0.1, 0.15) is 5.92 Å². The minimum absolute atomic E-state index is 0.0997. The number of anilines is 1. The second-order valence-electron chi connectivity index (χ2n) is 5.22. The van der Waals surface area contributed by atoms with Gasteiger partial charge in [0.25, 0.3) is 0 Å². The van der Waals surface area contributed by atoms with E-state index in [-0.39, 0.29) is 11.8 Å². The third-order valence-corrected chi connectivity index (χ3v) is 3.93. The lowest BCUT2D eigenvalue weighted by Gasteiger charge is -2.19. The van der Waals surface area contributed by atoms with Crippen molar-refractivity contribution in [1.29, 1.82) is 0 Å². The van der Waals surface area contributed by atoms with Crippen molar-refractivity contribution in [3.05, 3.63) is 42.5 Å². The number of fused-ring (bicyclic) bond motifs is 1. The summed E-state index contributed by atoms with van der Waals surface area (Å²) in [5.74, 6) is -0.813. The molecule has 1 heterocycles. The molecule has 0 aliphatic carbocycles. The summed E-state index contributed by atoms with van der Waals surface area (Å²) >= 11 is 0. The van der Waals surface area contributed by atoms with Crippen LogP contribution in [0.3, 0.4) is 0 Å². The van der Waals surface area contributed by atoms with Crippen molar-refractivity contribution >= 4 is 28.3 Å². The van der Waals surface area contributed by atoms with Gasteiger partial charge in [-0.05, 0) is 24.8 Å². The fourth-order valence-corrected chi connectivity index (χ4v) is 2.90. The second-order valence-corrected chi connectivity index (χ2v) is 5.22. The van der Waals surface area contributed by atoms with E-state index < -0.39 is 5.92 Å². The number of hydrogen-bond donors (Lipinski definition) is 1.